The zero-order valence-electron chi connectivity index (χ0n) is 24.8. The van der Waals surface area contributed by atoms with Crippen LogP contribution in [0.15, 0.2) is 119 Å². The molecule has 4 aromatic rings. The Bertz CT molecular complexity index is 1930. The summed E-state index contributed by atoms with van der Waals surface area (Å²) >= 11 is 1.62. The highest BCUT2D eigenvalue weighted by Crippen LogP contribution is 2.61. The van der Waals surface area contributed by atoms with Gasteiger partial charge in [0.25, 0.3) is 5.91 Å². The van der Waals surface area contributed by atoms with Crippen LogP contribution in [-0.4, -0.2) is 25.6 Å². The van der Waals surface area contributed by atoms with E-state index in [1.54, 1.807) is 11.8 Å². The van der Waals surface area contributed by atoms with Crippen LogP contribution >= 0.6 is 11.8 Å². The van der Waals surface area contributed by atoms with E-state index < -0.39 is 21.5 Å². The lowest BCUT2D eigenvalue weighted by atomic mass is 9.73. The van der Waals surface area contributed by atoms with Gasteiger partial charge >= 0.3 is 0 Å². The molecule has 0 fully saturated rings. The molecule has 0 saturated heterocycles. The number of anilines is 1. The van der Waals surface area contributed by atoms with Crippen LogP contribution in [0.3, 0.4) is 0 Å². The zero-order chi connectivity index (χ0) is 30.6. The van der Waals surface area contributed by atoms with Crippen molar-refractivity contribution < 1.29 is 13.2 Å². The van der Waals surface area contributed by atoms with Gasteiger partial charge in [-0.25, -0.2) is 8.42 Å². The van der Waals surface area contributed by atoms with Gasteiger partial charge in [-0.15, -0.1) is 0 Å². The van der Waals surface area contributed by atoms with E-state index in [9.17, 15) is 8.42 Å². The van der Waals surface area contributed by atoms with Gasteiger partial charge in [-0.3, -0.25) is 14.5 Å². The summed E-state index contributed by atoms with van der Waals surface area (Å²) in [6.07, 6.45) is 1.65. The highest BCUT2D eigenvalue weighted by atomic mass is 32.2. The van der Waals surface area contributed by atoms with Gasteiger partial charge < -0.3 is 4.90 Å². The summed E-state index contributed by atoms with van der Waals surface area (Å²) in [5, 5.41) is 0.645. The third-order valence-corrected chi connectivity index (χ3v) is 10.6. The number of aryl methyl sites for hydroxylation is 2. The van der Waals surface area contributed by atoms with Gasteiger partial charge in [0.1, 0.15) is 0 Å². The number of allylic oxidation sites excluding steroid dienone is 1. The van der Waals surface area contributed by atoms with Crippen molar-refractivity contribution >= 4 is 38.4 Å². The van der Waals surface area contributed by atoms with Crippen LogP contribution in [0.1, 0.15) is 51.0 Å². The van der Waals surface area contributed by atoms with E-state index >= 15 is 4.79 Å². The normalized spacial score (nSPS) is 22.7. The van der Waals surface area contributed by atoms with Crippen molar-refractivity contribution in [3.63, 3.8) is 0 Å². The summed E-state index contributed by atoms with van der Waals surface area (Å²) in [4.78, 5) is 22.3. The highest BCUT2D eigenvalue weighted by Gasteiger charge is 2.62. The molecule has 8 heteroatoms. The van der Waals surface area contributed by atoms with Crippen LogP contribution in [0.5, 0.6) is 0 Å². The van der Waals surface area contributed by atoms with Crippen molar-refractivity contribution in [2.24, 2.45) is 4.99 Å². The van der Waals surface area contributed by atoms with E-state index in [1.165, 1.54) is 6.26 Å². The summed E-state index contributed by atoms with van der Waals surface area (Å²) in [6, 6.07) is 34.4. The highest BCUT2D eigenvalue weighted by molar-refractivity contribution is 8.14. The van der Waals surface area contributed by atoms with Crippen LogP contribution in [0, 0.1) is 13.8 Å². The summed E-state index contributed by atoms with van der Waals surface area (Å²) in [6.45, 7) is 4.50. The second-order valence-corrected chi connectivity index (χ2v) is 14.8. The minimum absolute atomic E-state index is 0.0664. The maximum atomic E-state index is 15.0. The molecule has 3 heterocycles. The van der Waals surface area contributed by atoms with Crippen molar-refractivity contribution in [3.05, 3.63) is 148 Å². The van der Waals surface area contributed by atoms with Crippen molar-refractivity contribution in [1.29, 1.82) is 0 Å². The first-order valence-corrected chi connectivity index (χ1v) is 17.5. The van der Waals surface area contributed by atoms with E-state index in [1.807, 2.05) is 85.5 Å². The Morgan fingerprint density at radius 3 is 2.14 bits per heavy atom. The fourth-order valence-electron chi connectivity index (χ4n) is 6.71. The average Bonchev–Trinajstić information content (AvgIpc) is 3.47. The number of hydrogen-bond donors (Lipinski definition) is 1. The Labute approximate surface area is 263 Å². The van der Waals surface area contributed by atoms with Crippen LogP contribution in [0.25, 0.3) is 0 Å². The molecule has 0 aliphatic carbocycles. The quantitative estimate of drug-likeness (QED) is 0.254. The Hall–Kier alpha value is -4.14. The molecule has 1 N–H and O–H groups in total. The van der Waals surface area contributed by atoms with E-state index in [2.05, 4.69) is 41.1 Å². The number of nitrogens with zero attached hydrogens (tertiary/aromatic N) is 2. The molecule has 0 unspecified atom stereocenters. The first-order valence-electron chi connectivity index (χ1n) is 14.7. The van der Waals surface area contributed by atoms with Crippen molar-refractivity contribution in [2.45, 2.75) is 43.5 Å². The fourth-order valence-corrected chi connectivity index (χ4v) is 8.73. The number of thioether (sulfide) groups is 1. The summed E-state index contributed by atoms with van der Waals surface area (Å²) in [7, 11) is -3.62. The Balaban J connectivity index is 1.46. The van der Waals surface area contributed by atoms with Gasteiger partial charge in [-0.2, -0.15) is 0 Å². The van der Waals surface area contributed by atoms with E-state index in [0.717, 1.165) is 44.6 Å². The Morgan fingerprint density at radius 1 is 0.864 bits per heavy atom. The number of benzene rings is 4. The Morgan fingerprint density at radius 2 is 1.48 bits per heavy atom. The fraction of sp³-hybridized carbons (Fsp3) is 0.222. The maximum absolute atomic E-state index is 15.0. The lowest BCUT2D eigenvalue weighted by Crippen LogP contribution is -2.42. The minimum atomic E-state index is -3.62. The summed E-state index contributed by atoms with van der Waals surface area (Å²) in [5.41, 5.74) is 7.09. The molecule has 0 aromatic heterocycles. The van der Waals surface area contributed by atoms with Crippen LogP contribution in [0.2, 0.25) is 0 Å². The van der Waals surface area contributed by atoms with Crippen molar-refractivity contribution in [1.82, 2.24) is 4.72 Å². The largest absolute Gasteiger partial charge is 0.305 e. The molecule has 222 valence electrons. The molecule has 3 aliphatic heterocycles. The molecule has 3 aliphatic rings. The number of sulfonamides is 1. The molecule has 7 rings (SSSR count). The molecule has 0 radical (unpaired) electrons. The minimum Gasteiger partial charge on any atom is -0.305 e. The molecule has 3 atom stereocenters. The SMILES string of the molecule is Cc1ccc([C@@H]2CC(NS(C)(=O)=O)=C3C(=N[C@]4(C(=O)N(Cc5ccccc5)c5ccccc54)[C@@H]3c3ccc(C)cc3)S2)cc1. The molecule has 44 heavy (non-hydrogen) atoms. The molecular formula is C36H33N3O3S2. The number of hydrogen-bond acceptors (Lipinski definition) is 5. The maximum Gasteiger partial charge on any atom is 0.260 e. The zero-order valence-corrected chi connectivity index (χ0v) is 26.5. The van der Waals surface area contributed by atoms with Gasteiger partial charge in [0.15, 0.2) is 5.54 Å². The van der Waals surface area contributed by atoms with Crippen LogP contribution < -0.4 is 9.62 Å². The van der Waals surface area contributed by atoms with E-state index in [4.69, 9.17) is 4.99 Å². The van der Waals surface area contributed by atoms with Gasteiger partial charge in [0, 0.05) is 28.5 Å². The molecule has 0 bridgehead atoms. The second-order valence-electron chi connectivity index (χ2n) is 11.9. The van der Waals surface area contributed by atoms with Crippen LogP contribution in [-0.2, 0) is 26.9 Å². The van der Waals surface area contributed by atoms with Gasteiger partial charge in [-0.05, 0) is 36.6 Å². The van der Waals surface area contributed by atoms with Gasteiger partial charge in [0.05, 0.1) is 29.4 Å². The molecule has 1 spiro atoms. The standard InChI is InChI=1S/C36H33N3O3S2/c1-23-13-17-26(18-14-23)31-21-29(38-44(3,41)42)32-33(27-19-15-24(2)16-20-27)36(37-34(32)43-31)28-11-7-8-12-30(28)39(35(36)40)22-25-9-5-4-6-10-25/h4-20,31,33,38H,21-22H2,1-3H3/t31-,33+,36-/m0/s1. The van der Waals surface area contributed by atoms with E-state index in [0.29, 0.717) is 23.7 Å². The second kappa shape index (κ2) is 10.8. The smallest absolute Gasteiger partial charge is 0.260 e. The average molecular weight is 620 g/mol. The number of aliphatic imine (C=N–C) groups is 1. The lowest BCUT2D eigenvalue weighted by molar-refractivity contribution is -0.123. The number of para-hydroxylation sites is 1. The third kappa shape index (κ3) is 4.86. The number of carbonyl (C=O) groups excluding carboxylic acids is 1. The monoisotopic (exact) mass is 619 g/mol. The first-order chi connectivity index (χ1) is 21.1. The molecule has 0 saturated carbocycles. The molecule has 6 nitrogen and oxygen atoms in total. The predicted octanol–water partition coefficient (Wildman–Crippen LogP) is 6.92. The molecular weight excluding hydrogens is 587 g/mol. The lowest BCUT2D eigenvalue weighted by Gasteiger charge is -2.32. The number of fused-ring (bicyclic) bond motifs is 3. The Kier molecular flexibility index (Phi) is 7.02. The van der Waals surface area contributed by atoms with Crippen molar-refractivity contribution in [3.8, 4) is 0 Å². The van der Waals surface area contributed by atoms with Crippen LogP contribution in [0.4, 0.5) is 5.69 Å². The molecule has 1 amide bonds. The van der Waals surface area contributed by atoms with Crippen molar-refractivity contribution in [2.75, 3.05) is 11.2 Å². The third-order valence-electron chi connectivity index (χ3n) is 8.71. The van der Waals surface area contributed by atoms with Gasteiger partial charge in [-0.1, -0.05) is 120 Å². The topological polar surface area (TPSA) is 78.8 Å². The van der Waals surface area contributed by atoms with E-state index in [-0.39, 0.29) is 11.2 Å². The first kappa shape index (κ1) is 28.6. The van der Waals surface area contributed by atoms with Gasteiger partial charge in [0.2, 0.25) is 10.0 Å². The number of carbonyl (C=O) groups is 1. The predicted molar refractivity (Wildman–Crippen MR) is 178 cm³/mol. The number of rotatable bonds is 6. The number of amides is 1. The molecule has 4 aromatic carbocycles. The number of nitrogens with one attached hydrogen (secondary N) is 1. The summed E-state index contributed by atoms with van der Waals surface area (Å²) in [5.74, 6) is -0.614. The summed E-state index contributed by atoms with van der Waals surface area (Å²) < 4.78 is 28.5.